The summed E-state index contributed by atoms with van der Waals surface area (Å²) >= 11 is 7.36. The van der Waals surface area contributed by atoms with Gasteiger partial charge in [0.25, 0.3) is 11.8 Å². The van der Waals surface area contributed by atoms with E-state index < -0.39 is 23.8 Å². The van der Waals surface area contributed by atoms with E-state index in [1.807, 2.05) is 6.26 Å². The zero-order valence-corrected chi connectivity index (χ0v) is 15.5. The lowest BCUT2D eigenvalue weighted by Gasteiger charge is -2.24. The van der Waals surface area contributed by atoms with Crippen molar-refractivity contribution in [3.05, 3.63) is 64.7 Å². The first-order chi connectivity index (χ1) is 12.5. The second-order valence-corrected chi connectivity index (χ2v) is 7.12. The number of halogens is 1. The molecule has 134 valence electrons. The Labute approximate surface area is 160 Å². The molecule has 0 spiro atoms. The number of fused-ring (bicyclic) bond motifs is 1. The summed E-state index contributed by atoms with van der Waals surface area (Å²) in [5, 5.41) is 0.518. The molecule has 0 bridgehead atoms. The van der Waals surface area contributed by atoms with Gasteiger partial charge in [-0.1, -0.05) is 23.7 Å². The van der Waals surface area contributed by atoms with Gasteiger partial charge in [-0.25, -0.2) is 4.79 Å². The maximum Gasteiger partial charge on any atom is 0.334 e. The fraction of sp³-hybridized carbons (Fsp3) is 0.211. The van der Waals surface area contributed by atoms with E-state index in [0.717, 1.165) is 4.90 Å². The summed E-state index contributed by atoms with van der Waals surface area (Å²) in [7, 11) is 0. The highest BCUT2D eigenvalue weighted by Gasteiger charge is 2.43. The zero-order chi connectivity index (χ0) is 18.7. The van der Waals surface area contributed by atoms with Crippen LogP contribution in [0.1, 0.15) is 27.1 Å². The predicted octanol–water partition coefficient (Wildman–Crippen LogP) is 3.66. The van der Waals surface area contributed by atoms with Crippen LogP contribution in [-0.2, 0) is 4.79 Å². The highest BCUT2D eigenvalue weighted by Crippen LogP contribution is 2.27. The van der Waals surface area contributed by atoms with Gasteiger partial charge in [0, 0.05) is 5.02 Å². The number of ether oxygens (including phenoxy) is 1. The molecule has 26 heavy (non-hydrogen) atoms. The third kappa shape index (κ3) is 3.61. The Balaban J connectivity index is 1.86. The first-order valence-corrected chi connectivity index (χ1v) is 9.73. The number of imide groups is 1. The fourth-order valence-corrected chi connectivity index (χ4v) is 3.34. The van der Waals surface area contributed by atoms with E-state index in [-0.39, 0.29) is 0 Å². The first-order valence-electron chi connectivity index (χ1n) is 7.96. The summed E-state index contributed by atoms with van der Waals surface area (Å²) in [6.45, 7) is 0. The Morgan fingerprint density at radius 3 is 2.19 bits per heavy atom. The Bertz CT molecular complexity index is 818. The van der Waals surface area contributed by atoms with E-state index in [1.165, 1.54) is 11.8 Å². The molecule has 2 aromatic rings. The molecule has 0 aromatic heterocycles. The van der Waals surface area contributed by atoms with Gasteiger partial charge in [0.15, 0.2) is 0 Å². The Kier molecular flexibility index (Phi) is 5.64. The van der Waals surface area contributed by atoms with Crippen molar-refractivity contribution in [2.45, 2.75) is 12.5 Å². The molecule has 3 rings (SSSR count). The number of thioether (sulfide) groups is 1. The number of hydrogen-bond acceptors (Lipinski definition) is 5. The van der Waals surface area contributed by atoms with Gasteiger partial charge < -0.3 is 4.74 Å². The zero-order valence-electron chi connectivity index (χ0n) is 14.0. The van der Waals surface area contributed by atoms with Crippen LogP contribution in [0.25, 0.3) is 0 Å². The molecular weight excluding hydrogens is 374 g/mol. The summed E-state index contributed by atoms with van der Waals surface area (Å²) in [6.07, 6.45) is 2.21. The monoisotopic (exact) mass is 389 g/mol. The van der Waals surface area contributed by atoms with Crippen LogP contribution in [0, 0.1) is 0 Å². The summed E-state index contributed by atoms with van der Waals surface area (Å²) in [5.41, 5.74) is 0.622. The van der Waals surface area contributed by atoms with Crippen molar-refractivity contribution in [3.63, 3.8) is 0 Å². The number of carbonyl (C=O) groups is 3. The van der Waals surface area contributed by atoms with Crippen molar-refractivity contribution >= 4 is 41.1 Å². The molecule has 0 aliphatic carbocycles. The number of rotatable bonds is 6. The van der Waals surface area contributed by atoms with Crippen LogP contribution in [0.5, 0.6) is 5.75 Å². The summed E-state index contributed by atoms with van der Waals surface area (Å²) in [6, 6.07) is 11.9. The van der Waals surface area contributed by atoms with Crippen LogP contribution in [0.15, 0.2) is 48.5 Å². The lowest BCUT2D eigenvalue weighted by atomic mass is 10.1. The minimum Gasteiger partial charge on any atom is -0.425 e. The van der Waals surface area contributed by atoms with Gasteiger partial charge in [0.05, 0.1) is 11.1 Å². The molecule has 0 saturated carbocycles. The third-order valence-corrected chi connectivity index (χ3v) is 4.93. The second kappa shape index (κ2) is 7.93. The maximum atomic E-state index is 12.7. The number of carbonyl (C=O) groups excluding carboxylic acids is 3. The Morgan fingerprint density at radius 2 is 1.65 bits per heavy atom. The van der Waals surface area contributed by atoms with E-state index in [0.29, 0.717) is 34.1 Å². The molecule has 1 aliphatic rings. The quantitative estimate of drug-likeness (QED) is 0.428. The standard InChI is InChI=1S/C19H16ClNO4S/c1-26-11-10-16(19(24)25-13-8-6-12(20)7-9-13)21-17(22)14-4-2-3-5-15(14)18(21)23/h2-9,16H,10-11H2,1H3/t16-/m0/s1. The topological polar surface area (TPSA) is 63.7 Å². The summed E-state index contributed by atoms with van der Waals surface area (Å²) in [5.74, 6) is -0.663. The molecule has 0 N–H and O–H groups in total. The Hall–Kier alpha value is -2.31. The van der Waals surface area contributed by atoms with Crippen molar-refractivity contribution in [3.8, 4) is 5.75 Å². The lowest BCUT2D eigenvalue weighted by molar-refractivity contribution is -0.138. The van der Waals surface area contributed by atoms with Crippen molar-refractivity contribution in [1.29, 1.82) is 0 Å². The van der Waals surface area contributed by atoms with Crippen molar-refractivity contribution in [2.75, 3.05) is 12.0 Å². The van der Waals surface area contributed by atoms with E-state index >= 15 is 0 Å². The van der Waals surface area contributed by atoms with Crippen LogP contribution in [0.3, 0.4) is 0 Å². The van der Waals surface area contributed by atoms with Gasteiger partial charge in [0.1, 0.15) is 11.8 Å². The van der Waals surface area contributed by atoms with Gasteiger partial charge in [-0.05, 0) is 54.8 Å². The molecule has 0 fully saturated rings. The van der Waals surface area contributed by atoms with Gasteiger partial charge >= 0.3 is 5.97 Å². The molecule has 2 aromatic carbocycles. The number of nitrogens with zero attached hydrogens (tertiary/aromatic N) is 1. The number of esters is 1. The fourth-order valence-electron chi connectivity index (χ4n) is 2.76. The average Bonchev–Trinajstić information content (AvgIpc) is 2.89. The second-order valence-electron chi connectivity index (χ2n) is 5.70. The van der Waals surface area contributed by atoms with Crippen molar-refractivity contribution < 1.29 is 19.1 Å². The van der Waals surface area contributed by atoms with Crippen molar-refractivity contribution in [1.82, 2.24) is 4.90 Å². The largest absolute Gasteiger partial charge is 0.425 e. The van der Waals surface area contributed by atoms with E-state index in [2.05, 4.69) is 0 Å². The van der Waals surface area contributed by atoms with Gasteiger partial charge in [-0.15, -0.1) is 0 Å². The van der Waals surface area contributed by atoms with Crippen molar-refractivity contribution in [2.24, 2.45) is 0 Å². The highest BCUT2D eigenvalue weighted by atomic mass is 35.5. The maximum absolute atomic E-state index is 12.7. The van der Waals surface area contributed by atoms with Gasteiger partial charge in [-0.2, -0.15) is 11.8 Å². The van der Waals surface area contributed by atoms with Gasteiger partial charge in [-0.3, -0.25) is 14.5 Å². The average molecular weight is 390 g/mol. The molecule has 5 nitrogen and oxygen atoms in total. The summed E-state index contributed by atoms with van der Waals surface area (Å²) < 4.78 is 5.38. The van der Waals surface area contributed by atoms with E-state index in [1.54, 1.807) is 48.5 Å². The molecule has 1 atom stereocenters. The smallest absolute Gasteiger partial charge is 0.334 e. The van der Waals surface area contributed by atoms with E-state index in [4.69, 9.17) is 16.3 Å². The summed E-state index contributed by atoms with van der Waals surface area (Å²) in [4.78, 5) is 39.1. The molecule has 1 aliphatic heterocycles. The number of amides is 2. The molecule has 0 unspecified atom stereocenters. The minimum absolute atomic E-state index is 0.310. The number of hydrogen-bond donors (Lipinski definition) is 0. The van der Waals surface area contributed by atoms with Gasteiger partial charge in [0.2, 0.25) is 0 Å². The molecular formula is C19H16ClNO4S. The van der Waals surface area contributed by atoms with Crippen LogP contribution in [0.4, 0.5) is 0 Å². The molecule has 0 radical (unpaired) electrons. The number of benzene rings is 2. The molecule has 2 amide bonds. The van der Waals surface area contributed by atoms with Crippen LogP contribution in [0.2, 0.25) is 5.02 Å². The lowest BCUT2D eigenvalue weighted by Crippen LogP contribution is -2.47. The Morgan fingerprint density at radius 1 is 1.08 bits per heavy atom. The highest BCUT2D eigenvalue weighted by molar-refractivity contribution is 7.98. The van der Waals surface area contributed by atoms with Crippen LogP contribution >= 0.6 is 23.4 Å². The van der Waals surface area contributed by atoms with Crippen LogP contribution in [-0.4, -0.2) is 40.7 Å². The predicted molar refractivity (Wildman–Crippen MR) is 101 cm³/mol. The molecule has 0 saturated heterocycles. The molecule has 1 heterocycles. The first kappa shape index (κ1) is 18.5. The van der Waals surface area contributed by atoms with Crippen LogP contribution < -0.4 is 4.74 Å². The normalized spacial score (nSPS) is 14.3. The molecule has 7 heteroatoms. The SMILES string of the molecule is CSCC[C@@H](C(=O)Oc1ccc(Cl)cc1)N1C(=O)c2ccccc2C1=O. The third-order valence-electron chi connectivity index (χ3n) is 4.04. The minimum atomic E-state index is -0.981. The van der Waals surface area contributed by atoms with E-state index in [9.17, 15) is 14.4 Å².